The molecule has 0 unspecified atom stereocenters. The van der Waals surface area contributed by atoms with Gasteiger partial charge in [0.15, 0.2) is 0 Å². The van der Waals surface area contributed by atoms with Crippen LogP contribution in [0.4, 0.5) is 5.69 Å². The molecule has 1 atom stereocenters. The number of hydrogen-bond donors (Lipinski definition) is 1. The van der Waals surface area contributed by atoms with Crippen LogP contribution in [0.5, 0.6) is 0 Å². The maximum atomic E-state index is 14.6. The minimum Gasteiger partial charge on any atom is -0.354 e. The molecule has 8 heteroatoms. The van der Waals surface area contributed by atoms with Crippen LogP contribution in [-0.2, 0) is 32.6 Å². The molecule has 7 nitrogen and oxygen atoms in total. The maximum Gasteiger partial charge on any atom is 0.264 e. The minimum atomic E-state index is -4.15. The summed E-state index contributed by atoms with van der Waals surface area (Å²) < 4.78 is 29.6. The Morgan fingerprint density at radius 3 is 1.85 bits per heavy atom. The number of nitrogens with one attached hydrogen (secondary N) is 1. The van der Waals surface area contributed by atoms with Crippen molar-refractivity contribution in [3.8, 4) is 0 Å². The topological polar surface area (TPSA) is 86.8 Å². The van der Waals surface area contributed by atoms with E-state index in [9.17, 15) is 18.0 Å². The Morgan fingerprint density at radius 1 is 0.739 bits per heavy atom. The second-order valence-corrected chi connectivity index (χ2v) is 14.3. The normalized spacial score (nSPS) is 12.2. The van der Waals surface area contributed by atoms with Gasteiger partial charge in [0.2, 0.25) is 11.8 Å². The monoisotopic (exact) mass is 639 g/mol. The largest absolute Gasteiger partial charge is 0.354 e. The Labute approximate surface area is 274 Å². The zero-order chi connectivity index (χ0) is 33.3. The number of sulfonamides is 1. The van der Waals surface area contributed by atoms with Crippen molar-refractivity contribution >= 4 is 27.5 Å². The molecule has 4 rings (SSSR count). The smallest absolute Gasteiger partial charge is 0.264 e. The molecule has 4 aromatic rings. The van der Waals surface area contributed by atoms with Crippen LogP contribution in [0.1, 0.15) is 55.9 Å². The average Bonchev–Trinajstić information content (AvgIpc) is 3.05. The van der Waals surface area contributed by atoms with Crippen molar-refractivity contribution in [2.75, 3.05) is 17.4 Å². The zero-order valence-corrected chi connectivity index (χ0v) is 28.2. The number of carbonyl (C=O) groups excluding carboxylic acids is 2. The fourth-order valence-electron chi connectivity index (χ4n) is 5.15. The van der Waals surface area contributed by atoms with Crippen LogP contribution in [0.2, 0.25) is 0 Å². The van der Waals surface area contributed by atoms with Crippen molar-refractivity contribution in [2.45, 2.75) is 64.4 Å². The van der Waals surface area contributed by atoms with E-state index < -0.39 is 28.5 Å². The standard InChI is InChI=1S/C38H45N3O4S/c1-28(2)25-39-38(43)36(24-31-12-8-6-9-13-31)40(26-32-14-10-7-11-15-32)37(42)27-41(34-20-18-33(19-21-34)29(3)4)46(44,45)35-22-16-30(5)17-23-35/h6-23,28-29,36H,24-27H2,1-5H3,(H,39,43)/t36-/m0/s1. The Kier molecular flexibility index (Phi) is 11.8. The van der Waals surface area contributed by atoms with Crippen molar-refractivity contribution < 1.29 is 18.0 Å². The third kappa shape index (κ3) is 9.07. The molecule has 0 aliphatic rings. The summed E-state index contributed by atoms with van der Waals surface area (Å²) in [5.41, 5.74) is 4.08. The summed E-state index contributed by atoms with van der Waals surface area (Å²) in [6, 6.07) is 32.0. The van der Waals surface area contributed by atoms with Gasteiger partial charge in [0, 0.05) is 19.5 Å². The van der Waals surface area contributed by atoms with Gasteiger partial charge in [-0.1, -0.05) is 118 Å². The van der Waals surface area contributed by atoms with Gasteiger partial charge in [-0.2, -0.15) is 0 Å². The number of hydrogen-bond acceptors (Lipinski definition) is 4. The van der Waals surface area contributed by atoms with Gasteiger partial charge < -0.3 is 10.2 Å². The molecule has 0 aliphatic heterocycles. The Morgan fingerprint density at radius 2 is 1.30 bits per heavy atom. The van der Waals surface area contributed by atoms with Crippen LogP contribution in [0.15, 0.2) is 114 Å². The molecule has 0 bridgehead atoms. The first-order chi connectivity index (χ1) is 22.0. The summed E-state index contributed by atoms with van der Waals surface area (Å²) in [6.45, 7) is 10.2. The van der Waals surface area contributed by atoms with E-state index in [-0.39, 0.29) is 35.6 Å². The third-order valence-electron chi connectivity index (χ3n) is 7.89. The number of carbonyl (C=O) groups is 2. The lowest BCUT2D eigenvalue weighted by Crippen LogP contribution is -2.53. The lowest BCUT2D eigenvalue weighted by atomic mass is 10.0. The first kappa shape index (κ1) is 34.4. The van der Waals surface area contributed by atoms with Crippen molar-refractivity contribution in [2.24, 2.45) is 5.92 Å². The van der Waals surface area contributed by atoms with Crippen LogP contribution in [0.25, 0.3) is 0 Å². The van der Waals surface area contributed by atoms with E-state index in [0.29, 0.717) is 12.2 Å². The van der Waals surface area contributed by atoms with Gasteiger partial charge in [0.1, 0.15) is 12.6 Å². The predicted molar refractivity (Wildman–Crippen MR) is 185 cm³/mol. The first-order valence-corrected chi connectivity index (χ1v) is 17.2. The quantitative estimate of drug-likeness (QED) is 0.166. The number of amides is 2. The maximum absolute atomic E-state index is 14.6. The van der Waals surface area contributed by atoms with Gasteiger partial charge >= 0.3 is 0 Å². The van der Waals surface area contributed by atoms with E-state index in [1.165, 1.54) is 4.90 Å². The summed E-state index contributed by atoms with van der Waals surface area (Å²) in [6.07, 6.45) is 0.275. The van der Waals surface area contributed by atoms with Crippen LogP contribution in [0, 0.1) is 12.8 Å². The summed E-state index contributed by atoms with van der Waals surface area (Å²) >= 11 is 0. The van der Waals surface area contributed by atoms with Crippen molar-refractivity contribution in [3.05, 3.63) is 131 Å². The lowest BCUT2D eigenvalue weighted by molar-refractivity contribution is -0.140. The van der Waals surface area contributed by atoms with E-state index in [1.807, 2.05) is 93.6 Å². The van der Waals surface area contributed by atoms with Gasteiger partial charge in [0.25, 0.3) is 10.0 Å². The highest BCUT2D eigenvalue weighted by atomic mass is 32.2. The van der Waals surface area contributed by atoms with Crippen LogP contribution >= 0.6 is 0 Å². The van der Waals surface area contributed by atoms with E-state index in [4.69, 9.17) is 0 Å². The third-order valence-corrected chi connectivity index (χ3v) is 9.68. The van der Waals surface area contributed by atoms with E-state index in [0.717, 1.165) is 26.6 Å². The highest BCUT2D eigenvalue weighted by Gasteiger charge is 2.34. The number of anilines is 1. The SMILES string of the molecule is Cc1ccc(S(=O)(=O)N(CC(=O)N(Cc2ccccc2)[C@@H](Cc2ccccc2)C(=O)NCC(C)C)c2ccc(C(C)C)cc2)cc1. The van der Waals surface area contributed by atoms with Crippen molar-refractivity contribution in [1.82, 2.24) is 10.2 Å². The molecule has 4 aromatic carbocycles. The molecule has 46 heavy (non-hydrogen) atoms. The van der Waals surface area contributed by atoms with Gasteiger partial charge in [-0.25, -0.2) is 8.42 Å². The average molecular weight is 640 g/mol. The molecule has 0 saturated carbocycles. The molecule has 0 saturated heterocycles. The van der Waals surface area contributed by atoms with Gasteiger partial charge in [-0.3, -0.25) is 13.9 Å². The summed E-state index contributed by atoms with van der Waals surface area (Å²) in [5.74, 6) is -0.296. The number of nitrogens with zero attached hydrogens (tertiary/aromatic N) is 2. The van der Waals surface area contributed by atoms with E-state index in [1.54, 1.807) is 36.4 Å². The second kappa shape index (κ2) is 15.7. The molecule has 0 spiro atoms. The fraction of sp³-hybridized carbons (Fsp3) is 0.316. The predicted octanol–water partition coefficient (Wildman–Crippen LogP) is 6.73. The van der Waals surface area contributed by atoms with Crippen LogP contribution in [0.3, 0.4) is 0 Å². The Bertz CT molecular complexity index is 1670. The highest BCUT2D eigenvalue weighted by Crippen LogP contribution is 2.27. The number of rotatable bonds is 14. The molecule has 0 fully saturated rings. The zero-order valence-electron chi connectivity index (χ0n) is 27.4. The minimum absolute atomic E-state index is 0.0870. The molecule has 0 aromatic heterocycles. The van der Waals surface area contributed by atoms with E-state index in [2.05, 4.69) is 19.2 Å². The second-order valence-electron chi connectivity index (χ2n) is 12.4. The first-order valence-electron chi connectivity index (χ1n) is 15.8. The molecule has 242 valence electrons. The van der Waals surface area contributed by atoms with E-state index >= 15 is 0 Å². The van der Waals surface area contributed by atoms with Gasteiger partial charge in [-0.05, 0) is 59.7 Å². The lowest BCUT2D eigenvalue weighted by Gasteiger charge is -2.34. The number of benzene rings is 4. The van der Waals surface area contributed by atoms with Gasteiger partial charge in [-0.15, -0.1) is 0 Å². The number of aryl methyl sites for hydroxylation is 1. The molecule has 1 N–H and O–H groups in total. The molecular weight excluding hydrogens is 595 g/mol. The Balaban J connectivity index is 1.79. The summed E-state index contributed by atoms with van der Waals surface area (Å²) in [5, 5.41) is 3.02. The molecule has 0 radical (unpaired) electrons. The summed E-state index contributed by atoms with van der Waals surface area (Å²) in [4.78, 5) is 30.0. The molecule has 0 heterocycles. The molecular formula is C38H45N3O4S. The van der Waals surface area contributed by atoms with Gasteiger partial charge in [0.05, 0.1) is 10.6 Å². The van der Waals surface area contributed by atoms with Crippen LogP contribution in [-0.4, -0.2) is 44.3 Å². The summed E-state index contributed by atoms with van der Waals surface area (Å²) in [7, 11) is -4.15. The Hall–Kier alpha value is -4.43. The highest BCUT2D eigenvalue weighted by molar-refractivity contribution is 7.92. The van der Waals surface area contributed by atoms with Crippen LogP contribution < -0.4 is 9.62 Å². The molecule has 0 aliphatic carbocycles. The van der Waals surface area contributed by atoms with Crippen molar-refractivity contribution in [1.29, 1.82) is 0 Å². The van der Waals surface area contributed by atoms with Crippen molar-refractivity contribution in [3.63, 3.8) is 0 Å². The molecule has 2 amide bonds. The fourth-order valence-corrected chi connectivity index (χ4v) is 6.56.